The van der Waals surface area contributed by atoms with Gasteiger partial charge in [-0.2, -0.15) is 12.7 Å². The van der Waals surface area contributed by atoms with Crippen LogP contribution in [0.2, 0.25) is 0 Å². The molecule has 0 saturated carbocycles. The van der Waals surface area contributed by atoms with Gasteiger partial charge in [-0.1, -0.05) is 20.3 Å². The van der Waals surface area contributed by atoms with Crippen molar-refractivity contribution in [3.63, 3.8) is 0 Å². The van der Waals surface area contributed by atoms with Gasteiger partial charge in [-0.3, -0.25) is 4.79 Å². The van der Waals surface area contributed by atoms with E-state index >= 15 is 0 Å². The van der Waals surface area contributed by atoms with E-state index in [1.165, 1.54) is 14.1 Å². The normalized spacial score (nSPS) is 12.1. The lowest BCUT2D eigenvalue weighted by atomic mass is 10.1. The van der Waals surface area contributed by atoms with Crippen LogP contribution in [-0.4, -0.2) is 32.7 Å². The third-order valence-corrected chi connectivity index (χ3v) is 3.36. The second kappa shape index (κ2) is 6.07. The molecule has 0 rings (SSSR count). The monoisotopic (exact) mass is 236 g/mol. The molecule has 0 radical (unpaired) electrons. The van der Waals surface area contributed by atoms with Gasteiger partial charge in [-0.05, 0) is 12.3 Å². The van der Waals surface area contributed by atoms with Crippen molar-refractivity contribution in [2.45, 2.75) is 33.1 Å². The third-order valence-electron chi connectivity index (χ3n) is 1.91. The molecule has 0 aromatic rings. The zero-order chi connectivity index (χ0) is 12.1. The highest BCUT2D eigenvalue weighted by atomic mass is 32.2. The smallest absolute Gasteiger partial charge is 0.274 e. The van der Waals surface area contributed by atoms with Gasteiger partial charge in [0.2, 0.25) is 5.91 Å². The molecule has 0 heterocycles. The predicted molar refractivity (Wildman–Crippen MR) is 59.4 cm³/mol. The average Bonchev–Trinajstić information content (AvgIpc) is 2.01. The molecule has 6 heteroatoms. The first-order valence-corrected chi connectivity index (χ1v) is 6.43. The van der Waals surface area contributed by atoms with Gasteiger partial charge in [0.25, 0.3) is 0 Å². The van der Waals surface area contributed by atoms with Gasteiger partial charge in [0.15, 0.2) is 0 Å². The summed E-state index contributed by atoms with van der Waals surface area (Å²) in [7, 11) is -0.857. The van der Waals surface area contributed by atoms with Gasteiger partial charge in [0, 0.05) is 20.5 Å². The molecule has 0 aromatic heterocycles. The van der Waals surface area contributed by atoms with Gasteiger partial charge in [-0.25, -0.2) is 4.72 Å². The van der Waals surface area contributed by atoms with Crippen LogP contribution in [0.1, 0.15) is 33.1 Å². The van der Waals surface area contributed by atoms with E-state index in [0.29, 0.717) is 12.3 Å². The lowest BCUT2D eigenvalue weighted by Crippen LogP contribution is -2.39. The van der Waals surface area contributed by atoms with Crippen LogP contribution in [0.3, 0.4) is 0 Å². The second-order valence-corrected chi connectivity index (χ2v) is 5.98. The zero-order valence-electron chi connectivity index (χ0n) is 9.78. The SMILES string of the molecule is CC(C)CCCC(=O)NS(=O)(=O)N(C)C. The molecular weight excluding hydrogens is 216 g/mol. The molecule has 0 fully saturated rings. The van der Waals surface area contributed by atoms with Crippen LogP contribution in [-0.2, 0) is 15.0 Å². The van der Waals surface area contributed by atoms with Crippen LogP contribution in [0, 0.1) is 5.92 Å². The minimum absolute atomic E-state index is 0.255. The van der Waals surface area contributed by atoms with Crippen molar-refractivity contribution in [3.05, 3.63) is 0 Å². The molecule has 1 amide bonds. The molecular formula is C9H20N2O3S. The predicted octanol–water partition coefficient (Wildman–Crippen LogP) is 0.735. The summed E-state index contributed by atoms with van der Waals surface area (Å²) in [5, 5.41) is 0. The van der Waals surface area contributed by atoms with Crippen LogP contribution in [0.5, 0.6) is 0 Å². The number of nitrogens with zero attached hydrogens (tertiary/aromatic N) is 1. The molecule has 0 aliphatic heterocycles. The minimum atomic E-state index is -3.61. The molecule has 0 spiro atoms. The summed E-state index contributed by atoms with van der Waals surface area (Å²) in [6.07, 6.45) is 1.90. The first-order valence-electron chi connectivity index (χ1n) is 4.99. The van der Waals surface area contributed by atoms with Crippen LogP contribution >= 0.6 is 0 Å². The van der Waals surface area contributed by atoms with Crippen LogP contribution < -0.4 is 4.72 Å². The number of rotatable bonds is 6. The fraction of sp³-hybridized carbons (Fsp3) is 0.889. The Morgan fingerprint density at radius 3 is 2.27 bits per heavy atom. The van der Waals surface area contributed by atoms with Crippen molar-refractivity contribution in [3.8, 4) is 0 Å². The fourth-order valence-corrected chi connectivity index (χ4v) is 1.53. The Labute approximate surface area is 92.0 Å². The number of nitrogens with one attached hydrogen (secondary N) is 1. The zero-order valence-corrected chi connectivity index (χ0v) is 10.6. The Morgan fingerprint density at radius 1 is 1.33 bits per heavy atom. The van der Waals surface area contributed by atoms with Crippen LogP contribution in [0.4, 0.5) is 0 Å². The Kier molecular flexibility index (Phi) is 5.82. The highest BCUT2D eigenvalue weighted by Crippen LogP contribution is 2.06. The first-order chi connectivity index (χ1) is 6.75. The van der Waals surface area contributed by atoms with Gasteiger partial charge in [0.05, 0.1) is 0 Å². The molecule has 90 valence electrons. The van der Waals surface area contributed by atoms with E-state index in [0.717, 1.165) is 10.7 Å². The fourth-order valence-electron chi connectivity index (χ4n) is 0.957. The Bertz CT molecular complexity index is 296. The van der Waals surface area contributed by atoms with Gasteiger partial charge >= 0.3 is 10.2 Å². The lowest BCUT2D eigenvalue weighted by Gasteiger charge is -2.12. The van der Waals surface area contributed by atoms with E-state index in [2.05, 4.69) is 13.8 Å². The lowest BCUT2D eigenvalue weighted by molar-refractivity contribution is -0.119. The van der Waals surface area contributed by atoms with Crippen molar-refractivity contribution in [1.82, 2.24) is 9.03 Å². The second-order valence-electron chi connectivity index (χ2n) is 4.10. The van der Waals surface area contributed by atoms with Crippen molar-refractivity contribution >= 4 is 16.1 Å². The highest BCUT2D eigenvalue weighted by Gasteiger charge is 2.16. The number of amides is 1. The van der Waals surface area contributed by atoms with E-state index in [1.807, 2.05) is 4.72 Å². The summed E-state index contributed by atoms with van der Waals surface area (Å²) in [4.78, 5) is 11.2. The Balaban J connectivity index is 3.95. The maximum Gasteiger partial charge on any atom is 0.303 e. The molecule has 0 atom stereocenters. The quantitative estimate of drug-likeness (QED) is 0.739. The molecule has 0 saturated heterocycles. The standard InChI is InChI=1S/C9H20N2O3S/c1-8(2)6-5-7-9(12)10-15(13,14)11(3)4/h8H,5-7H2,1-4H3,(H,10,12). The van der Waals surface area contributed by atoms with Gasteiger partial charge in [0.1, 0.15) is 0 Å². The maximum atomic E-state index is 11.2. The molecule has 0 unspecified atom stereocenters. The maximum absolute atomic E-state index is 11.2. The number of carbonyl (C=O) groups excluding carboxylic acids is 1. The number of carbonyl (C=O) groups is 1. The topological polar surface area (TPSA) is 66.5 Å². The highest BCUT2D eigenvalue weighted by molar-refractivity contribution is 7.87. The van der Waals surface area contributed by atoms with Crippen molar-refractivity contribution in [2.75, 3.05) is 14.1 Å². The summed E-state index contributed by atoms with van der Waals surface area (Å²) < 4.78 is 25.4. The molecule has 0 aliphatic rings. The summed E-state index contributed by atoms with van der Waals surface area (Å²) in [5.41, 5.74) is 0. The molecule has 5 nitrogen and oxygen atoms in total. The third kappa shape index (κ3) is 6.46. The largest absolute Gasteiger partial charge is 0.303 e. The van der Waals surface area contributed by atoms with Crippen LogP contribution in [0.15, 0.2) is 0 Å². The van der Waals surface area contributed by atoms with Gasteiger partial charge < -0.3 is 0 Å². The Hall–Kier alpha value is -0.620. The summed E-state index contributed by atoms with van der Waals surface area (Å²) in [6, 6.07) is 0. The summed E-state index contributed by atoms with van der Waals surface area (Å²) in [5.74, 6) is 0.0904. The van der Waals surface area contributed by atoms with E-state index < -0.39 is 16.1 Å². The molecule has 0 bridgehead atoms. The number of hydrogen-bond acceptors (Lipinski definition) is 3. The van der Waals surface area contributed by atoms with Crippen LogP contribution in [0.25, 0.3) is 0 Å². The van der Waals surface area contributed by atoms with Crippen molar-refractivity contribution in [1.29, 1.82) is 0 Å². The summed E-state index contributed by atoms with van der Waals surface area (Å²) >= 11 is 0. The molecule has 0 aliphatic carbocycles. The molecule has 0 aromatic carbocycles. The number of hydrogen-bond donors (Lipinski definition) is 1. The van der Waals surface area contributed by atoms with E-state index in [4.69, 9.17) is 0 Å². The summed E-state index contributed by atoms with van der Waals surface area (Å²) in [6.45, 7) is 4.13. The van der Waals surface area contributed by atoms with E-state index in [1.54, 1.807) is 0 Å². The van der Waals surface area contributed by atoms with Crippen molar-refractivity contribution < 1.29 is 13.2 Å². The Morgan fingerprint density at radius 2 is 1.87 bits per heavy atom. The van der Waals surface area contributed by atoms with E-state index in [9.17, 15) is 13.2 Å². The van der Waals surface area contributed by atoms with E-state index in [-0.39, 0.29) is 6.42 Å². The first kappa shape index (κ1) is 14.4. The minimum Gasteiger partial charge on any atom is -0.274 e. The average molecular weight is 236 g/mol. The molecule has 1 N–H and O–H groups in total. The molecule has 15 heavy (non-hydrogen) atoms. The van der Waals surface area contributed by atoms with Gasteiger partial charge in [-0.15, -0.1) is 0 Å². The van der Waals surface area contributed by atoms with Crippen molar-refractivity contribution in [2.24, 2.45) is 5.92 Å².